The van der Waals surface area contributed by atoms with E-state index in [2.05, 4.69) is 17.3 Å². The summed E-state index contributed by atoms with van der Waals surface area (Å²) in [6, 6.07) is 0. The molecule has 1 aliphatic rings. The molecule has 90 valence electrons. The fraction of sp³-hybridized carbons (Fsp3) is 0.875. The highest BCUT2D eigenvalue weighted by atomic mass is 32.2. The van der Waals surface area contributed by atoms with Crippen molar-refractivity contribution >= 4 is 17.7 Å². The van der Waals surface area contributed by atoms with Crippen LogP contribution in [0.15, 0.2) is 0 Å². The van der Waals surface area contributed by atoms with E-state index in [9.17, 15) is 13.2 Å². The van der Waals surface area contributed by atoms with E-state index in [1.165, 1.54) is 25.9 Å². The largest absolute Gasteiger partial charge is 0.470 e. The highest BCUT2D eigenvalue weighted by Crippen LogP contribution is 2.14. The average Bonchev–Trinajstić information content (AvgIpc) is 2.18. The lowest BCUT2D eigenvalue weighted by Gasteiger charge is -2.19. The zero-order chi connectivity index (χ0) is 11.9. The van der Waals surface area contributed by atoms with Gasteiger partial charge in [-0.25, -0.2) is 0 Å². The van der Waals surface area contributed by atoms with Gasteiger partial charge in [0.05, 0.1) is 0 Å². The Morgan fingerprint density at radius 2 is 2.07 bits per heavy atom. The molecule has 1 aliphatic heterocycles. The smallest absolute Gasteiger partial charge is 0.362 e. The molecule has 0 spiro atoms. The van der Waals surface area contributed by atoms with Crippen LogP contribution in [0.2, 0.25) is 0 Å². The van der Waals surface area contributed by atoms with Crippen molar-refractivity contribution in [1.29, 1.82) is 0 Å². The van der Waals surface area contributed by atoms with Crippen LogP contribution >= 0.6 is 11.8 Å². The van der Waals surface area contributed by atoms with Crippen molar-refractivity contribution in [3.8, 4) is 0 Å². The van der Waals surface area contributed by atoms with E-state index >= 15 is 0 Å². The average molecular weight is 244 g/mol. The summed E-state index contributed by atoms with van der Waals surface area (Å²) < 4.78 is 32.1. The van der Waals surface area contributed by atoms with Crippen LogP contribution in [-0.4, -0.2) is 36.7 Å². The van der Waals surface area contributed by atoms with Crippen molar-refractivity contribution in [2.75, 3.05) is 19.3 Å². The van der Waals surface area contributed by atoms with E-state index in [1.807, 2.05) is 11.8 Å². The number of halogens is 3. The molecule has 1 unspecified atom stereocenters. The first-order valence-corrected chi connectivity index (χ1v) is 5.77. The maximum absolute atomic E-state index is 10.7. The van der Waals surface area contributed by atoms with E-state index in [0.29, 0.717) is 0 Å². The summed E-state index contributed by atoms with van der Waals surface area (Å²) in [5.74, 6) is -2.26. The third kappa shape index (κ3) is 7.49. The van der Waals surface area contributed by atoms with Crippen LogP contribution in [0.1, 0.15) is 12.8 Å². The Kier molecular flexibility index (Phi) is 6.75. The van der Waals surface area contributed by atoms with Crippen molar-refractivity contribution < 1.29 is 18.0 Å². The summed E-state index contributed by atoms with van der Waals surface area (Å²) in [7, 11) is 0. The number of thioether (sulfide) groups is 1. The summed E-state index contributed by atoms with van der Waals surface area (Å²) in [5, 5.41) is 4.26. The van der Waals surface area contributed by atoms with Crippen LogP contribution in [-0.2, 0) is 4.79 Å². The molecule has 1 rings (SSSR count). The van der Waals surface area contributed by atoms with Crippen LogP contribution in [0, 0.1) is 0 Å². The number of amides is 1. The van der Waals surface area contributed by atoms with Gasteiger partial charge in [-0.2, -0.15) is 24.9 Å². The molecule has 0 aromatic heterocycles. The topological polar surface area (TPSA) is 55.1 Å². The highest BCUT2D eigenvalue weighted by Gasteiger charge is 2.35. The number of nitrogens with one attached hydrogen (secondary N) is 1. The summed E-state index contributed by atoms with van der Waals surface area (Å²) in [4.78, 5) is 9.12. The fourth-order valence-electron chi connectivity index (χ4n) is 1.02. The number of rotatable bonds is 1. The predicted octanol–water partition coefficient (Wildman–Crippen LogP) is 1.14. The van der Waals surface area contributed by atoms with Crippen LogP contribution < -0.4 is 11.1 Å². The normalized spacial score (nSPS) is 21.5. The van der Waals surface area contributed by atoms with Gasteiger partial charge in [-0.3, -0.25) is 4.79 Å². The SMILES string of the molecule is CSC1CCCNC1.NC(=O)C(F)(F)F. The monoisotopic (exact) mass is 244 g/mol. The van der Waals surface area contributed by atoms with Crippen LogP contribution in [0.25, 0.3) is 0 Å². The lowest BCUT2D eigenvalue weighted by Crippen LogP contribution is -2.31. The maximum atomic E-state index is 10.7. The fourth-order valence-corrected chi connectivity index (χ4v) is 1.71. The van der Waals surface area contributed by atoms with Gasteiger partial charge in [-0.15, -0.1) is 0 Å². The molecule has 0 aromatic rings. The number of primary amides is 1. The minimum absolute atomic E-state index is 0.892. The van der Waals surface area contributed by atoms with Gasteiger partial charge in [0.1, 0.15) is 0 Å². The molecule has 3 nitrogen and oxygen atoms in total. The van der Waals surface area contributed by atoms with Crippen molar-refractivity contribution in [2.45, 2.75) is 24.3 Å². The molecule has 15 heavy (non-hydrogen) atoms. The summed E-state index contributed by atoms with van der Waals surface area (Å²) in [6.45, 7) is 2.46. The van der Waals surface area contributed by atoms with E-state index in [1.54, 1.807) is 0 Å². The van der Waals surface area contributed by atoms with Gasteiger partial charge in [0.2, 0.25) is 0 Å². The first kappa shape index (κ1) is 14.6. The Bertz CT molecular complexity index is 193. The first-order valence-electron chi connectivity index (χ1n) is 4.48. The number of piperidine rings is 1. The summed E-state index contributed by atoms with van der Waals surface area (Å²) in [5.41, 5.74) is 3.81. The summed E-state index contributed by atoms with van der Waals surface area (Å²) >= 11 is 1.98. The lowest BCUT2D eigenvalue weighted by molar-refractivity contribution is -0.169. The standard InChI is InChI=1S/C6H13NS.C2H2F3NO/c1-8-6-3-2-4-7-5-6;3-2(4,5)1(6)7/h6-7H,2-5H2,1H3;(H2,6,7). The molecule has 0 aliphatic carbocycles. The number of carbonyl (C=O) groups is 1. The van der Waals surface area contributed by atoms with Gasteiger partial charge in [0, 0.05) is 11.8 Å². The van der Waals surface area contributed by atoms with Crippen molar-refractivity contribution in [2.24, 2.45) is 5.73 Å². The van der Waals surface area contributed by atoms with Gasteiger partial charge >= 0.3 is 12.1 Å². The molecule has 0 radical (unpaired) electrons. The summed E-state index contributed by atoms with van der Waals surface area (Å²) in [6.07, 6.45) is 0.108. The van der Waals surface area contributed by atoms with Crippen LogP contribution in [0.3, 0.4) is 0 Å². The van der Waals surface area contributed by atoms with Gasteiger partial charge in [-0.05, 0) is 25.6 Å². The Hall–Kier alpha value is -0.430. The number of hydrogen-bond donors (Lipinski definition) is 2. The third-order valence-electron chi connectivity index (χ3n) is 1.86. The van der Waals surface area contributed by atoms with Gasteiger partial charge < -0.3 is 11.1 Å². The lowest BCUT2D eigenvalue weighted by atomic mass is 10.2. The maximum Gasteiger partial charge on any atom is 0.470 e. The van der Waals surface area contributed by atoms with Gasteiger partial charge in [0.25, 0.3) is 0 Å². The molecular weight excluding hydrogens is 229 g/mol. The first-order chi connectivity index (χ1) is 6.88. The highest BCUT2D eigenvalue weighted by molar-refractivity contribution is 7.99. The molecule has 0 saturated carbocycles. The Labute approximate surface area is 91.0 Å². The zero-order valence-corrected chi connectivity index (χ0v) is 9.25. The zero-order valence-electron chi connectivity index (χ0n) is 8.43. The minimum Gasteiger partial charge on any atom is -0.362 e. The van der Waals surface area contributed by atoms with Crippen molar-refractivity contribution in [1.82, 2.24) is 5.32 Å². The Morgan fingerprint density at radius 1 is 1.53 bits per heavy atom. The second kappa shape index (κ2) is 6.95. The molecule has 1 saturated heterocycles. The third-order valence-corrected chi connectivity index (χ3v) is 2.93. The minimum atomic E-state index is -4.86. The second-order valence-electron chi connectivity index (χ2n) is 3.07. The van der Waals surface area contributed by atoms with Crippen molar-refractivity contribution in [3.63, 3.8) is 0 Å². The molecule has 1 atom stereocenters. The molecular formula is C8H15F3N2OS. The van der Waals surface area contributed by atoms with E-state index in [0.717, 1.165) is 5.25 Å². The van der Waals surface area contributed by atoms with E-state index in [4.69, 9.17) is 4.79 Å². The molecule has 7 heteroatoms. The van der Waals surface area contributed by atoms with E-state index < -0.39 is 12.1 Å². The number of alkyl halides is 3. The number of hydrogen-bond acceptors (Lipinski definition) is 3. The quantitative estimate of drug-likeness (QED) is 0.727. The van der Waals surface area contributed by atoms with Gasteiger partial charge in [0.15, 0.2) is 0 Å². The van der Waals surface area contributed by atoms with E-state index in [-0.39, 0.29) is 0 Å². The predicted molar refractivity (Wildman–Crippen MR) is 54.7 cm³/mol. The van der Waals surface area contributed by atoms with Crippen molar-refractivity contribution in [3.05, 3.63) is 0 Å². The number of nitrogens with two attached hydrogens (primary N) is 1. The molecule has 3 N–H and O–H groups in total. The molecule has 1 fully saturated rings. The molecule has 1 heterocycles. The van der Waals surface area contributed by atoms with Crippen LogP contribution in [0.5, 0.6) is 0 Å². The second-order valence-corrected chi connectivity index (χ2v) is 4.20. The Morgan fingerprint density at radius 3 is 2.27 bits per heavy atom. The van der Waals surface area contributed by atoms with Gasteiger partial charge in [-0.1, -0.05) is 0 Å². The molecule has 0 aromatic carbocycles. The molecule has 1 amide bonds. The molecule has 0 bridgehead atoms. The number of carbonyl (C=O) groups excluding carboxylic acids is 1. The van der Waals surface area contributed by atoms with Crippen LogP contribution in [0.4, 0.5) is 13.2 Å². The Balaban J connectivity index is 0.000000265.